The fourth-order valence-corrected chi connectivity index (χ4v) is 3.03. The Hall–Kier alpha value is -2.92. The molecule has 5 heteroatoms. The van der Waals surface area contributed by atoms with Crippen molar-refractivity contribution in [2.24, 2.45) is 0 Å². The second kappa shape index (κ2) is 8.64. The number of aryl methyl sites for hydroxylation is 2. The van der Waals surface area contributed by atoms with Gasteiger partial charge in [-0.1, -0.05) is 35.9 Å². The molecule has 3 rings (SSSR count). The Morgan fingerprint density at radius 2 is 1.93 bits per heavy atom. The molecule has 0 spiro atoms. The van der Waals surface area contributed by atoms with E-state index in [-0.39, 0.29) is 5.91 Å². The van der Waals surface area contributed by atoms with E-state index < -0.39 is 0 Å². The van der Waals surface area contributed by atoms with Crippen LogP contribution in [0.3, 0.4) is 0 Å². The summed E-state index contributed by atoms with van der Waals surface area (Å²) in [6.07, 6.45) is 0.777. The number of carbonyl (C=O) groups is 1. The predicted molar refractivity (Wildman–Crippen MR) is 110 cm³/mol. The molecule has 0 radical (unpaired) electrons. The van der Waals surface area contributed by atoms with Crippen molar-refractivity contribution in [1.29, 1.82) is 0 Å². The van der Waals surface area contributed by atoms with Gasteiger partial charge in [0.15, 0.2) is 0 Å². The number of rotatable bonds is 7. The maximum Gasteiger partial charge on any atom is 0.252 e. The van der Waals surface area contributed by atoms with Crippen LogP contribution in [0.5, 0.6) is 0 Å². The Kier molecular flexibility index (Phi) is 6.04. The van der Waals surface area contributed by atoms with Crippen molar-refractivity contribution in [3.8, 4) is 0 Å². The summed E-state index contributed by atoms with van der Waals surface area (Å²) < 4.78 is 5.03. The zero-order valence-electron chi connectivity index (χ0n) is 16.0. The van der Waals surface area contributed by atoms with Crippen LogP contribution in [0.1, 0.15) is 27.9 Å². The number of hydrogen-bond acceptors (Lipinski definition) is 4. The largest absolute Gasteiger partial charge is 0.385 e. The quantitative estimate of drug-likeness (QED) is 0.612. The van der Waals surface area contributed by atoms with E-state index in [0.717, 1.165) is 28.6 Å². The van der Waals surface area contributed by atoms with E-state index in [2.05, 4.69) is 41.6 Å². The molecule has 5 nitrogen and oxygen atoms in total. The molecule has 0 saturated heterocycles. The van der Waals surface area contributed by atoms with Gasteiger partial charge in [0.05, 0.1) is 11.1 Å². The van der Waals surface area contributed by atoms with Gasteiger partial charge in [0.25, 0.3) is 5.91 Å². The standard InChI is InChI=1S/C22H25N3O2/c1-15-9-10-19(16(2)13-15)24-21-14-18(22(26)23-11-6-12-27-3)17-7-4-5-8-20(17)25-21/h4-5,7-10,13-14H,6,11-12H2,1-3H3,(H,23,26)(H,24,25). The van der Waals surface area contributed by atoms with Gasteiger partial charge >= 0.3 is 0 Å². The van der Waals surface area contributed by atoms with Crippen molar-refractivity contribution in [1.82, 2.24) is 10.3 Å². The van der Waals surface area contributed by atoms with Gasteiger partial charge in [-0.2, -0.15) is 0 Å². The first-order valence-corrected chi connectivity index (χ1v) is 9.09. The number of carbonyl (C=O) groups excluding carboxylic acids is 1. The van der Waals surface area contributed by atoms with Crippen molar-refractivity contribution in [2.45, 2.75) is 20.3 Å². The lowest BCUT2D eigenvalue weighted by Crippen LogP contribution is -2.25. The second-order valence-corrected chi connectivity index (χ2v) is 6.62. The third kappa shape index (κ3) is 4.63. The molecule has 1 amide bonds. The van der Waals surface area contributed by atoms with E-state index in [1.807, 2.05) is 36.4 Å². The first-order valence-electron chi connectivity index (χ1n) is 9.09. The molecule has 0 aliphatic rings. The minimum atomic E-state index is -0.103. The summed E-state index contributed by atoms with van der Waals surface area (Å²) in [4.78, 5) is 17.4. The van der Waals surface area contributed by atoms with E-state index in [1.165, 1.54) is 5.56 Å². The SMILES string of the molecule is COCCCNC(=O)c1cc(Nc2ccc(C)cc2C)nc2ccccc12. The minimum Gasteiger partial charge on any atom is -0.385 e. The molecule has 1 aromatic heterocycles. The Labute approximate surface area is 159 Å². The fourth-order valence-electron chi connectivity index (χ4n) is 3.03. The summed E-state index contributed by atoms with van der Waals surface area (Å²) in [7, 11) is 1.66. The zero-order chi connectivity index (χ0) is 19.2. The maximum atomic E-state index is 12.7. The number of nitrogens with one attached hydrogen (secondary N) is 2. The minimum absolute atomic E-state index is 0.103. The molecular formula is C22H25N3O2. The number of methoxy groups -OCH3 is 1. The summed E-state index contributed by atoms with van der Waals surface area (Å²) in [5.74, 6) is 0.552. The van der Waals surface area contributed by atoms with Gasteiger partial charge in [0.1, 0.15) is 5.82 Å². The van der Waals surface area contributed by atoms with E-state index in [0.29, 0.717) is 24.5 Å². The molecule has 0 bridgehead atoms. The van der Waals surface area contributed by atoms with Gasteiger partial charge < -0.3 is 15.4 Å². The number of pyridine rings is 1. The molecule has 2 N–H and O–H groups in total. The Morgan fingerprint density at radius 1 is 1.11 bits per heavy atom. The molecule has 0 fully saturated rings. The first-order chi connectivity index (χ1) is 13.1. The summed E-state index contributed by atoms with van der Waals surface area (Å²) in [6, 6.07) is 15.7. The lowest BCUT2D eigenvalue weighted by atomic mass is 10.1. The number of para-hydroxylation sites is 1. The van der Waals surface area contributed by atoms with Crippen molar-refractivity contribution >= 4 is 28.3 Å². The van der Waals surface area contributed by atoms with Crippen molar-refractivity contribution in [3.63, 3.8) is 0 Å². The monoisotopic (exact) mass is 363 g/mol. The molecule has 0 aliphatic heterocycles. The third-order valence-corrected chi connectivity index (χ3v) is 4.42. The molecule has 3 aromatic rings. The van der Waals surface area contributed by atoms with Crippen molar-refractivity contribution < 1.29 is 9.53 Å². The smallest absolute Gasteiger partial charge is 0.252 e. The zero-order valence-corrected chi connectivity index (χ0v) is 16.0. The van der Waals surface area contributed by atoms with Gasteiger partial charge in [0, 0.05) is 31.3 Å². The number of nitrogens with zero attached hydrogens (tertiary/aromatic N) is 1. The van der Waals surface area contributed by atoms with Crippen molar-refractivity contribution in [2.75, 3.05) is 25.6 Å². The number of amides is 1. The highest BCUT2D eigenvalue weighted by Crippen LogP contribution is 2.25. The predicted octanol–water partition coefficient (Wildman–Crippen LogP) is 4.36. The van der Waals surface area contributed by atoms with Crippen LogP contribution in [-0.4, -0.2) is 31.2 Å². The van der Waals surface area contributed by atoms with E-state index in [9.17, 15) is 4.79 Å². The van der Waals surface area contributed by atoms with Crippen LogP contribution >= 0.6 is 0 Å². The highest BCUT2D eigenvalue weighted by Gasteiger charge is 2.13. The van der Waals surface area contributed by atoms with Crippen LogP contribution in [0.2, 0.25) is 0 Å². The highest BCUT2D eigenvalue weighted by atomic mass is 16.5. The topological polar surface area (TPSA) is 63.2 Å². The Bertz CT molecular complexity index is 953. The van der Waals surface area contributed by atoms with Gasteiger partial charge in [0.2, 0.25) is 0 Å². The van der Waals surface area contributed by atoms with Crippen LogP contribution in [0.25, 0.3) is 10.9 Å². The summed E-state index contributed by atoms with van der Waals surface area (Å²) in [5.41, 5.74) is 4.73. The molecule has 27 heavy (non-hydrogen) atoms. The van der Waals surface area contributed by atoms with Crippen LogP contribution in [0.15, 0.2) is 48.5 Å². The molecule has 0 atom stereocenters. The van der Waals surface area contributed by atoms with Crippen molar-refractivity contribution in [3.05, 3.63) is 65.2 Å². The molecule has 0 saturated carbocycles. The van der Waals surface area contributed by atoms with Gasteiger partial charge in [-0.15, -0.1) is 0 Å². The average molecular weight is 363 g/mol. The first kappa shape index (κ1) is 18.9. The second-order valence-electron chi connectivity index (χ2n) is 6.62. The Balaban J connectivity index is 1.91. The maximum absolute atomic E-state index is 12.7. The number of ether oxygens (including phenoxy) is 1. The van der Waals surface area contributed by atoms with E-state index in [1.54, 1.807) is 7.11 Å². The number of aromatic nitrogens is 1. The molecule has 2 aromatic carbocycles. The molecular weight excluding hydrogens is 338 g/mol. The van der Waals surface area contributed by atoms with Gasteiger partial charge in [-0.05, 0) is 44.0 Å². The summed E-state index contributed by atoms with van der Waals surface area (Å²) in [6.45, 7) is 5.32. The molecule has 0 aliphatic carbocycles. The Morgan fingerprint density at radius 3 is 2.70 bits per heavy atom. The van der Waals surface area contributed by atoms with Gasteiger partial charge in [-0.25, -0.2) is 4.98 Å². The third-order valence-electron chi connectivity index (χ3n) is 4.42. The number of hydrogen-bond donors (Lipinski definition) is 2. The fraction of sp³-hybridized carbons (Fsp3) is 0.273. The number of benzene rings is 2. The average Bonchev–Trinajstić information content (AvgIpc) is 2.66. The van der Waals surface area contributed by atoms with Crippen LogP contribution in [0.4, 0.5) is 11.5 Å². The summed E-state index contributed by atoms with van der Waals surface area (Å²) >= 11 is 0. The highest BCUT2D eigenvalue weighted by molar-refractivity contribution is 6.07. The number of anilines is 2. The molecule has 140 valence electrons. The normalized spacial score (nSPS) is 10.8. The van der Waals surface area contributed by atoms with Crippen LogP contribution in [-0.2, 0) is 4.74 Å². The lowest BCUT2D eigenvalue weighted by molar-refractivity contribution is 0.0950. The molecule has 0 unspecified atom stereocenters. The van der Waals surface area contributed by atoms with E-state index in [4.69, 9.17) is 4.74 Å². The van der Waals surface area contributed by atoms with Gasteiger partial charge in [-0.3, -0.25) is 4.79 Å². The van der Waals surface area contributed by atoms with Crippen LogP contribution in [0, 0.1) is 13.8 Å². The molecule has 1 heterocycles. The number of fused-ring (bicyclic) bond motifs is 1. The lowest BCUT2D eigenvalue weighted by Gasteiger charge is -2.13. The van der Waals surface area contributed by atoms with Crippen LogP contribution < -0.4 is 10.6 Å². The summed E-state index contributed by atoms with van der Waals surface area (Å²) in [5, 5.41) is 7.15. The van der Waals surface area contributed by atoms with E-state index >= 15 is 0 Å².